The van der Waals surface area contributed by atoms with E-state index in [1.54, 1.807) is 0 Å². The van der Waals surface area contributed by atoms with Crippen molar-refractivity contribution in [1.29, 1.82) is 0 Å². The molecule has 6 rings (SSSR count). The summed E-state index contributed by atoms with van der Waals surface area (Å²) in [5.74, 6) is 1.72. The summed E-state index contributed by atoms with van der Waals surface area (Å²) in [5, 5.41) is 0. The Kier molecular flexibility index (Phi) is 1.71. The number of fused-ring (bicyclic) bond motifs is 2. The molecule has 1 aromatic rings. The van der Waals surface area contributed by atoms with Crippen molar-refractivity contribution < 1.29 is 4.79 Å². The van der Waals surface area contributed by atoms with Crippen LogP contribution in [0.5, 0.6) is 0 Å². The van der Waals surface area contributed by atoms with Gasteiger partial charge in [0.05, 0.1) is 23.3 Å². The van der Waals surface area contributed by atoms with Crippen LogP contribution in [0.4, 0.5) is 0 Å². The molecular formula is C18H21N3O. The average molecular weight is 295 g/mol. The van der Waals surface area contributed by atoms with Crippen LogP contribution in [0.15, 0.2) is 12.1 Å². The lowest BCUT2D eigenvalue weighted by Crippen LogP contribution is -2.85. The molecule has 2 heterocycles. The van der Waals surface area contributed by atoms with Gasteiger partial charge in [-0.3, -0.25) is 9.78 Å². The second-order valence-corrected chi connectivity index (χ2v) is 8.58. The molecule has 2 bridgehead atoms. The normalized spacial score (nSPS) is 49.7. The highest BCUT2D eigenvalue weighted by atomic mass is 16.2. The molecule has 4 nitrogen and oxygen atoms in total. The minimum Gasteiger partial charge on any atom is -0.326 e. The van der Waals surface area contributed by atoms with Crippen LogP contribution in [0.3, 0.4) is 0 Å². The van der Waals surface area contributed by atoms with E-state index in [-0.39, 0.29) is 22.4 Å². The van der Waals surface area contributed by atoms with E-state index in [1.165, 1.54) is 32.1 Å². The van der Waals surface area contributed by atoms with Gasteiger partial charge in [-0.1, -0.05) is 0 Å². The number of rotatable bonds is 1. The van der Waals surface area contributed by atoms with Crippen LogP contribution >= 0.6 is 0 Å². The zero-order valence-electron chi connectivity index (χ0n) is 12.9. The van der Waals surface area contributed by atoms with E-state index in [0.717, 1.165) is 28.8 Å². The summed E-state index contributed by atoms with van der Waals surface area (Å²) in [7, 11) is 0. The highest BCUT2D eigenvalue weighted by Gasteiger charge is 2.87. The van der Waals surface area contributed by atoms with E-state index in [0.29, 0.717) is 6.54 Å². The number of carbonyl (C=O) groups is 1. The molecule has 4 aliphatic carbocycles. The average Bonchev–Trinajstić information content (AvgIpc) is 3.01. The Morgan fingerprint density at radius 1 is 1.23 bits per heavy atom. The Morgan fingerprint density at radius 3 is 2.86 bits per heavy atom. The molecule has 4 heteroatoms. The van der Waals surface area contributed by atoms with Crippen LogP contribution in [0.2, 0.25) is 0 Å². The largest absolute Gasteiger partial charge is 0.326 e. The molecule has 1 amide bonds. The number of carbonyl (C=O) groups excluding carboxylic acids is 1. The number of aromatic nitrogens is 1. The summed E-state index contributed by atoms with van der Waals surface area (Å²) in [4.78, 5) is 19.8. The maximum Gasteiger partial charge on any atom is 0.256 e. The maximum absolute atomic E-state index is 13.0. The van der Waals surface area contributed by atoms with E-state index in [1.807, 2.05) is 19.1 Å². The van der Waals surface area contributed by atoms with E-state index < -0.39 is 0 Å². The lowest BCUT2D eigenvalue weighted by Gasteiger charge is -2.78. The SMILES string of the molecule is Cc1ccc2c(n1)CN(C13CC4CC5(N)CC(C1)C53C4)C2=O. The number of hydrogen-bond acceptors (Lipinski definition) is 3. The summed E-state index contributed by atoms with van der Waals surface area (Å²) in [6, 6.07) is 3.92. The third-order valence-corrected chi connectivity index (χ3v) is 7.91. The van der Waals surface area contributed by atoms with Gasteiger partial charge in [0, 0.05) is 16.6 Å². The van der Waals surface area contributed by atoms with Crippen molar-refractivity contribution in [2.45, 2.75) is 56.7 Å². The van der Waals surface area contributed by atoms with Crippen molar-refractivity contribution in [2.75, 3.05) is 0 Å². The van der Waals surface area contributed by atoms with Crippen molar-refractivity contribution in [3.8, 4) is 0 Å². The number of aryl methyl sites for hydroxylation is 1. The van der Waals surface area contributed by atoms with E-state index in [4.69, 9.17) is 5.73 Å². The van der Waals surface area contributed by atoms with E-state index in [2.05, 4.69) is 9.88 Å². The van der Waals surface area contributed by atoms with Gasteiger partial charge < -0.3 is 10.6 Å². The lowest BCUT2D eigenvalue weighted by atomic mass is 9.31. The number of nitrogens with two attached hydrogens (primary N) is 1. The molecule has 0 aromatic carbocycles. The van der Waals surface area contributed by atoms with Crippen molar-refractivity contribution in [2.24, 2.45) is 23.0 Å². The fourth-order valence-corrected chi connectivity index (χ4v) is 7.47. The van der Waals surface area contributed by atoms with Crippen LogP contribution in [0.1, 0.15) is 53.8 Å². The molecular weight excluding hydrogens is 274 g/mol. The standard InChI is InChI=1S/C18H21N3O/c1-10-2-3-13-14(20-10)9-21(15(13)22)17-5-11-4-16(19)7-12(8-17)18(16,17)6-11/h2-3,11-12H,4-9,19H2,1H3. The molecule has 2 N–H and O–H groups in total. The Balaban J connectivity index is 1.46. The molecule has 1 aromatic heterocycles. The molecule has 1 spiro atoms. The summed E-state index contributed by atoms with van der Waals surface area (Å²) in [5.41, 5.74) is 9.91. The summed E-state index contributed by atoms with van der Waals surface area (Å²) in [6.45, 7) is 2.70. The number of hydrogen-bond donors (Lipinski definition) is 1. The van der Waals surface area contributed by atoms with Gasteiger partial charge in [-0.15, -0.1) is 0 Å². The van der Waals surface area contributed by atoms with Gasteiger partial charge in [-0.25, -0.2) is 0 Å². The minimum atomic E-state index is 0.0250. The Morgan fingerprint density at radius 2 is 2.09 bits per heavy atom. The molecule has 5 aliphatic rings. The summed E-state index contributed by atoms with van der Waals surface area (Å²) < 4.78 is 0. The number of pyridine rings is 1. The van der Waals surface area contributed by atoms with Crippen LogP contribution in [-0.4, -0.2) is 26.9 Å². The molecule has 5 unspecified atom stereocenters. The predicted molar refractivity (Wildman–Crippen MR) is 81.0 cm³/mol. The van der Waals surface area contributed by atoms with Crippen molar-refractivity contribution >= 4 is 5.91 Å². The van der Waals surface area contributed by atoms with Gasteiger partial charge in [0.25, 0.3) is 5.91 Å². The van der Waals surface area contributed by atoms with Crippen molar-refractivity contribution in [3.63, 3.8) is 0 Å². The second-order valence-electron chi connectivity index (χ2n) is 8.58. The molecule has 22 heavy (non-hydrogen) atoms. The molecule has 0 radical (unpaired) electrons. The van der Waals surface area contributed by atoms with Crippen LogP contribution < -0.4 is 5.73 Å². The smallest absolute Gasteiger partial charge is 0.256 e. The summed E-state index contributed by atoms with van der Waals surface area (Å²) in [6.07, 6.45) is 6.01. The van der Waals surface area contributed by atoms with Crippen molar-refractivity contribution in [1.82, 2.24) is 9.88 Å². The van der Waals surface area contributed by atoms with Gasteiger partial charge in [0.15, 0.2) is 0 Å². The molecule has 1 aliphatic heterocycles. The first-order chi connectivity index (χ1) is 10.5. The molecule has 0 saturated heterocycles. The Bertz CT molecular complexity index is 761. The van der Waals surface area contributed by atoms with Gasteiger partial charge >= 0.3 is 0 Å². The first kappa shape index (κ1) is 12.1. The fourth-order valence-electron chi connectivity index (χ4n) is 7.47. The maximum atomic E-state index is 13.0. The third kappa shape index (κ3) is 0.930. The summed E-state index contributed by atoms with van der Waals surface area (Å²) >= 11 is 0. The number of nitrogens with zero attached hydrogens (tertiary/aromatic N) is 2. The minimum absolute atomic E-state index is 0.0250. The lowest BCUT2D eigenvalue weighted by molar-refractivity contribution is -0.252. The predicted octanol–water partition coefficient (Wildman–Crippen LogP) is 2.01. The monoisotopic (exact) mass is 295 g/mol. The zero-order valence-corrected chi connectivity index (χ0v) is 12.9. The van der Waals surface area contributed by atoms with Gasteiger partial charge in [0.2, 0.25) is 0 Å². The topological polar surface area (TPSA) is 59.2 Å². The first-order valence-electron chi connectivity index (χ1n) is 8.57. The quantitative estimate of drug-likeness (QED) is 0.862. The van der Waals surface area contributed by atoms with Crippen LogP contribution in [-0.2, 0) is 6.54 Å². The highest BCUT2D eigenvalue weighted by molar-refractivity contribution is 5.98. The zero-order chi connectivity index (χ0) is 14.9. The molecule has 5 atom stereocenters. The van der Waals surface area contributed by atoms with E-state index >= 15 is 0 Å². The number of amides is 1. The van der Waals surface area contributed by atoms with Crippen molar-refractivity contribution in [3.05, 3.63) is 29.1 Å². The molecule has 4 saturated carbocycles. The fraction of sp³-hybridized carbons (Fsp3) is 0.667. The van der Waals surface area contributed by atoms with E-state index in [9.17, 15) is 4.79 Å². The third-order valence-electron chi connectivity index (χ3n) is 7.91. The van der Waals surface area contributed by atoms with Gasteiger partial charge in [0.1, 0.15) is 0 Å². The highest BCUT2D eigenvalue weighted by Crippen LogP contribution is 2.85. The Hall–Kier alpha value is -1.42. The first-order valence-corrected chi connectivity index (χ1v) is 8.57. The second kappa shape index (κ2) is 3.12. The van der Waals surface area contributed by atoms with Crippen LogP contribution in [0, 0.1) is 24.2 Å². The van der Waals surface area contributed by atoms with Crippen LogP contribution in [0.25, 0.3) is 0 Å². The van der Waals surface area contributed by atoms with Gasteiger partial charge in [-0.05, 0) is 63.0 Å². The Labute approximate surface area is 130 Å². The molecule has 114 valence electrons. The molecule has 4 fully saturated rings. The van der Waals surface area contributed by atoms with Gasteiger partial charge in [-0.2, -0.15) is 0 Å².